The van der Waals surface area contributed by atoms with Gasteiger partial charge in [-0.3, -0.25) is 4.99 Å². The Morgan fingerprint density at radius 1 is 1.64 bits per heavy atom. The maximum atomic E-state index is 11.3. The van der Waals surface area contributed by atoms with Crippen LogP contribution in [0.1, 0.15) is 5.69 Å². The summed E-state index contributed by atoms with van der Waals surface area (Å²) in [5.74, 6) is -0.330. The van der Waals surface area contributed by atoms with E-state index in [-0.39, 0.29) is 5.97 Å². The van der Waals surface area contributed by atoms with E-state index in [0.717, 1.165) is 5.69 Å². The maximum absolute atomic E-state index is 11.3. The molecule has 0 saturated carbocycles. The van der Waals surface area contributed by atoms with E-state index in [4.69, 9.17) is 0 Å². The average molecular weight is 190 g/mol. The van der Waals surface area contributed by atoms with Crippen LogP contribution in [0.15, 0.2) is 28.9 Å². The van der Waals surface area contributed by atoms with E-state index in [1.165, 1.54) is 7.11 Å². The van der Waals surface area contributed by atoms with E-state index in [0.29, 0.717) is 12.1 Å². The minimum atomic E-state index is -0.330. The first kappa shape index (κ1) is 8.74. The van der Waals surface area contributed by atoms with Gasteiger partial charge in [-0.1, -0.05) is 0 Å². The van der Waals surface area contributed by atoms with Crippen molar-refractivity contribution in [2.45, 2.75) is 0 Å². The van der Waals surface area contributed by atoms with Crippen molar-refractivity contribution in [2.75, 3.05) is 13.7 Å². The molecule has 2 heterocycles. The minimum Gasteiger partial charge on any atom is -0.466 e. The Morgan fingerprint density at radius 2 is 2.50 bits per heavy atom. The van der Waals surface area contributed by atoms with Crippen LogP contribution in [0.3, 0.4) is 0 Å². The van der Waals surface area contributed by atoms with E-state index < -0.39 is 0 Å². The smallest absolute Gasteiger partial charge is 0.337 e. The molecule has 0 unspecified atom stereocenters. The summed E-state index contributed by atoms with van der Waals surface area (Å²) in [6, 6.07) is 3.83. The molecule has 0 aliphatic carbocycles. The molecule has 1 aliphatic heterocycles. The van der Waals surface area contributed by atoms with Crippen LogP contribution in [0.2, 0.25) is 0 Å². The molecule has 4 nitrogen and oxygen atoms in total. The van der Waals surface area contributed by atoms with E-state index in [1.54, 1.807) is 12.4 Å². The van der Waals surface area contributed by atoms with Gasteiger partial charge in [0, 0.05) is 18.6 Å². The number of rotatable bonds is 1. The number of hydrogen-bond acceptors (Lipinski definition) is 3. The van der Waals surface area contributed by atoms with Crippen LogP contribution < -0.4 is 0 Å². The number of carbonyl (C=O) groups is 1. The van der Waals surface area contributed by atoms with Gasteiger partial charge in [-0.25, -0.2) is 4.79 Å². The van der Waals surface area contributed by atoms with Gasteiger partial charge in [0.15, 0.2) is 0 Å². The number of carbonyl (C=O) groups excluding carboxylic acids is 1. The number of aliphatic imine (C=N–C) groups is 1. The Bertz CT molecular complexity index is 416. The van der Waals surface area contributed by atoms with Crippen LogP contribution in [0.5, 0.6) is 0 Å². The number of aromatic nitrogens is 1. The van der Waals surface area contributed by atoms with Gasteiger partial charge in [-0.2, -0.15) is 0 Å². The van der Waals surface area contributed by atoms with Crippen molar-refractivity contribution >= 4 is 18.4 Å². The summed E-state index contributed by atoms with van der Waals surface area (Å²) in [5.41, 5.74) is 1.52. The molecule has 0 bridgehead atoms. The monoisotopic (exact) mass is 190 g/mol. The summed E-state index contributed by atoms with van der Waals surface area (Å²) < 4.78 is 6.49. The van der Waals surface area contributed by atoms with E-state index >= 15 is 0 Å². The molecule has 4 heteroatoms. The molecule has 0 fully saturated rings. The van der Waals surface area contributed by atoms with Crippen LogP contribution >= 0.6 is 0 Å². The molecule has 0 atom stereocenters. The normalized spacial score (nSPS) is 14.2. The maximum Gasteiger partial charge on any atom is 0.337 e. The lowest BCUT2D eigenvalue weighted by atomic mass is 10.3. The summed E-state index contributed by atoms with van der Waals surface area (Å²) in [7, 11) is 1.37. The zero-order valence-corrected chi connectivity index (χ0v) is 7.80. The summed E-state index contributed by atoms with van der Waals surface area (Å²) >= 11 is 0. The third kappa shape index (κ3) is 1.46. The first-order valence-corrected chi connectivity index (χ1v) is 4.27. The zero-order chi connectivity index (χ0) is 9.97. The molecular weight excluding hydrogens is 180 g/mol. The lowest BCUT2D eigenvalue weighted by Crippen LogP contribution is -2.07. The Morgan fingerprint density at radius 3 is 3.29 bits per heavy atom. The van der Waals surface area contributed by atoms with Gasteiger partial charge in [-0.15, -0.1) is 0 Å². The Hall–Kier alpha value is -1.84. The number of hydrogen-bond donors (Lipinski definition) is 0. The fourth-order valence-electron chi connectivity index (χ4n) is 1.33. The second-order valence-corrected chi connectivity index (χ2v) is 2.96. The summed E-state index contributed by atoms with van der Waals surface area (Å²) in [6.45, 7) is 0.369. The SMILES string of the molecule is COC(=O)C1=Cn2cccc2C=NC1. The quantitative estimate of drug-likeness (QED) is 0.618. The molecule has 2 rings (SSSR count). The largest absolute Gasteiger partial charge is 0.466 e. The first-order chi connectivity index (χ1) is 6.81. The molecule has 0 amide bonds. The van der Waals surface area contributed by atoms with Crippen LogP contribution in [-0.2, 0) is 9.53 Å². The number of fused-ring (bicyclic) bond motifs is 1. The topological polar surface area (TPSA) is 43.6 Å². The first-order valence-electron chi connectivity index (χ1n) is 4.27. The van der Waals surface area contributed by atoms with E-state index in [1.807, 2.05) is 22.9 Å². The van der Waals surface area contributed by atoms with E-state index in [9.17, 15) is 4.79 Å². The third-order valence-electron chi connectivity index (χ3n) is 2.04. The van der Waals surface area contributed by atoms with Crippen molar-refractivity contribution < 1.29 is 9.53 Å². The van der Waals surface area contributed by atoms with Gasteiger partial charge in [0.1, 0.15) is 0 Å². The molecule has 0 saturated heterocycles. The number of esters is 1. The zero-order valence-electron chi connectivity index (χ0n) is 7.80. The molecule has 0 spiro atoms. The van der Waals surface area contributed by atoms with Crippen molar-refractivity contribution in [2.24, 2.45) is 4.99 Å². The molecule has 14 heavy (non-hydrogen) atoms. The van der Waals surface area contributed by atoms with Gasteiger partial charge < -0.3 is 9.30 Å². The summed E-state index contributed by atoms with van der Waals surface area (Å²) in [4.78, 5) is 15.4. The molecule has 0 N–H and O–H groups in total. The molecule has 1 aliphatic rings. The predicted molar refractivity (Wildman–Crippen MR) is 53.2 cm³/mol. The van der Waals surface area contributed by atoms with Gasteiger partial charge in [0.05, 0.1) is 24.9 Å². The molecule has 72 valence electrons. The summed E-state index contributed by atoms with van der Waals surface area (Å²) in [5, 5.41) is 0. The summed E-state index contributed by atoms with van der Waals surface area (Å²) in [6.07, 6.45) is 5.36. The van der Waals surface area contributed by atoms with Crippen molar-refractivity contribution in [1.82, 2.24) is 4.57 Å². The van der Waals surface area contributed by atoms with Crippen LogP contribution in [0, 0.1) is 0 Å². The minimum absolute atomic E-state index is 0.330. The lowest BCUT2D eigenvalue weighted by molar-refractivity contribution is -0.136. The van der Waals surface area contributed by atoms with Crippen molar-refractivity contribution in [1.29, 1.82) is 0 Å². The fraction of sp³-hybridized carbons (Fsp3) is 0.200. The lowest BCUT2D eigenvalue weighted by Gasteiger charge is -2.01. The van der Waals surface area contributed by atoms with Gasteiger partial charge in [-0.05, 0) is 12.1 Å². The number of nitrogens with zero attached hydrogens (tertiary/aromatic N) is 2. The van der Waals surface area contributed by atoms with Crippen LogP contribution in [-0.4, -0.2) is 30.4 Å². The molecule has 0 aromatic carbocycles. The highest BCUT2D eigenvalue weighted by Crippen LogP contribution is 2.09. The Labute approximate surface area is 81.5 Å². The van der Waals surface area contributed by atoms with Gasteiger partial charge in [0.2, 0.25) is 0 Å². The highest BCUT2D eigenvalue weighted by atomic mass is 16.5. The Kier molecular flexibility index (Phi) is 2.18. The number of ether oxygens (including phenoxy) is 1. The van der Waals surface area contributed by atoms with E-state index in [2.05, 4.69) is 9.73 Å². The average Bonchev–Trinajstić information content (AvgIpc) is 2.54. The third-order valence-corrected chi connectivity index (χ3v) is 2.04. The second kappa shape index (κ2) is 3.49. The molecule has 0 radical (unpaired) electrons. The fourth-order valence-corrected chi connectivity index (χ4v) is 1.33. The highest BCUT2D eigenvalue weighted by Gasteiger charge is 2.11. The molecule has 1 aromatic rings. The standard InChI is InChI=1S/C10H10N2O2/c1-14-10(13)8-5-11-6-9-3-2-4-12(9)7-8/h2-4,6-7H,5H2,1H3. The van der Waals surface area contributed by atoms with Crippen molar-refractivity contribution in [3.63, 3.8) is 0 Å². The van der Waals surface area contributed by atoms with Crippen LogP contribution in [0.4, 0.5) is 0 Å². The number of methoxy groups -OCH3 is 1. The van der Waals surface area contributed by atoms with Crippen LogP contribution in [0.25, 0.3) is 6.20 Å². The second-order valence-electron chi connectivity index (χ2n) is 2.96. The van der Waals surface area contributed by atoms with Crippen molar-refractivity contribution in [3.05, 3.63) is 29.6 Å². The predicted octanol–water partition coefficient (Wildman–Crippen LogP) is 0.934. The van der Waals surface area contributed by atoms with Crippen molar-refractivity contribution in [3.8, 4) is 0 Å². The van der Waals surface area contributed by atoms with Gasteiger partial charge in [0.25, 0.3) is 0 Å². The molecule has 1 aromatic heterocycles. The molecular formula is C10H10N2O2. The highest BCUT2D eigenvalue weighted by molar-refractivity contribution is 5.94. The van der Waals surface area contributed by atoms with Gasteiger partial charge >= 0.3 is 5.97 Å². The Balaban J connectivity index is 2.40.